The van der Waals surface area contributed by atoms with Crippen molar-refractivity contribution in [2.75, 3.05) is 12.8 Å². The van der Waals surface area contributed by atoms with Gasteiger partial charge in [0, 0.05) is 23.1 Å². The fourth-order valence-corrected chi connectivity index (χ4v) is 2.43. The van der Waals surface area contributed by atoms with Gasteiger partial charge in [0.05, 0.1) is 0 Å². The van der Waals surface area contributed by atoms with E-state index in [9.17, 15) is 17.6 Å². The zero-order chi connectivity index (χ0) is 13.6. The summed E-state index contributed by atoms with van der Waals surface area (Å²) in [5.41, 5.74) is 0. The van der Waals surface area contributed by atoms with E-state index < -0.39 is 12.6 Å². The average Bonchev–Trinajstić information content (AvgIpc) is 2.30. The lowest BCUT2D eigenvalue weighted by Gasteiger charge is -2.16. The van der Waals surface area contributed by atoms with Crippen LogP contribution in [0.3, 0.4) is 0 Å². The van der Waals surface area contributed by atoms with Gasteiger partial charge in [-0.3, -0.25) is 0 Å². The predicted molar refractivity (Wildman–Crippen MR) is 65.3 cm³/mol. The molecule has 1 N–H and O–H groups in total. The number of nitrogens with one attached hydrogen (secondary N) is 1. The Morgan fingerprint density at radius 2 is 1.83 bits per heavy atom. The number of thioether (sulfide) groups is 1. The van der Waals surface area contributed by atoms with Crippen LogP contribution in [-0.2, 0) is 0 Å². The van der Waals surface area contributed by atoms with Crippen LogP contribution < -0.4 is 5.32 Å². The van der Waals surface area contributed by atoms with Crippen molar-refractivity contribution in [3.05, 3.63) is 30.1 Å². The molecule has 0 amide bonds. The molecule has 0 radical (unpaired) electrons. The first-order valence-corrected chi connectivity index (χ1v) is 6.51. The molecule has 0 aromatic heterocycles. The van der Waals surface area contributed by atoms with Crippen molar-refractivity contribution >= 4 is 11.8 Å². The highest BCUT2D eigenvalue weighted by Gasteiger charge is 2.27. The monoisotopic (exact) mass is 281 g/mol. The maximum absolute atomic E-state index is 12.7. The molecule has 1 rings (SSSR count). The molecule has 0 aliphatic heterocycles. The summed E-state index contributed by atoms with van der Waals surface area (Å²) in [6.45, 7) is 0. The summed E-state index contributed by atoms with van der Waals surface area (Å²) in [6.07, 6.45) is -4.85. The molecule has 1 atom stereocenters. The summed E-state index contributed by atoms with van der Waals surface area (Å²) in [5.74, 6) is 0.208. The van der Waals surface area contributed by atoms with E-state index in [4.69, 9.17) is 0 Å². The molecule has 1 aromatic carbocycles. The van der Waals surface area contributed by atoms with Crippen molar-refractivity contribution in [3.63, 3.8) is 0 Å². The summed E-state index contributed by atoms with van der Waals surface area (Å²) < 4.78 is 48.9. The molecular weight excluding hydrogens is 266 g/mol. The zero-order valence-electron chi connectivity index (χ0n) is 9.93. The molecule has 0 saturated carbocycles. The summed E-state index contributed by atoms with van der Waals surface area (Å²) in [7, 11) is 1.65. The molecule has 0 heterocycles. The lowest BCUT2D eigenvalue weighted by molar-refractivity contribution is -0.136. The van der Waals surface area contributed by atoms with E-state index >= 15 is 0 Å². The molecule has 0 aliphatic rings. The Morgan fingerprint density at radius 3 is 2.33 bits per heavy atom. The highest BCUT2D eigenvalue weighted by Crippen LogP contribution is 2.25. The number of alkyl halides is 3. The van der Waals surface area contributed by atoms with Crippen molar-refractivity contribution < 1.29 is 17.6 Å². The molecule has 0 spiro atoms. The average molecular weight is 281 g/mol. The third-order valence-electron chi connectivity index (χ3n) is 2.45. The van der Waals surface area contributed by atoms with E-state index in [1.807, 2.05) is 0 Å². The van der Waals surface area contributed by atoms with Crippen molar-refractivity contribution in [2.45, 2.75) is 30.0 Å². The smallest absolute Gasteiger partial charge is 0.316 e. The minimum absolute atomic E-state index is 0.0498. The molecule has 1 nitrogen and oxygen atoms in total. The lowest BCUT2D eigenvalue weighted by Crippen LogP contribution is -2.29. The maximum atomic E-state index is 12.7. The van der Waals surface area contributed by atoms with Gasteiger partial charge in [-0.2, -0.15) is 13.2 Å². The second kappa shape index (κ2) is 6.99. The minimum Gasteiger partial charge on any atom is -0.316 e. The van der Waals surface area contributed by atoms with E-state index in [1.54, 1.807) is 19.2 Å². The minimum atomic E-state index is -4.12. The second-order valence-electron chi connectivity index (χ2n) is 3.90. The molecule has 0 fully saturated rings. The summed E-state index contributed by atoms with van der Waals surface area (Å²) >= 11 is 1.42. The van der Waals surface area contributed by atoms with Crippen molar-refractivity contribution in [3.8, 4) is 0 Å². The van der Waals surface area contributed by atoms with Gasteiger partial charge in [-0.1, -0.05) is 0 Å². The van der Waals surface area contributed by atoms with E-state index in [-0.39, 0.29) is 18.3 Å². The van der Waals surface area contributed by atoms with Crippen LogP contribution in [0.4, 0.5) is 17.6 Å². The van der Waals surface area contributed by atoms with Gasteiger partial charge < -0.3 is 5.32 Å². The van der Waals surface area contributed by atoms with Gasteiger partial charge in [-0.25, -0.2) is 4.39 Å². The normalized spacial score (nSPS) is 13.6. The first kappa shape index (κ1) is 15.3. The molecular formula is C12H15F4NS. The highest BCUT2D eigenvalue weighted by molar-refractivity contribution is 7.99. The lowest BCUT2D eigenvalue weighted by atomic mass is 10.2. The molecule has 1 unspecified atom stereocenters. The molecule has 18 heavy (non-hydrogen) atoms. The van der Waals surface area contributed by atoms with E-state index in [0.29, 0.717) is 5.75 Å². The van der Waals surface area contributed by atoms with Crippen LogP contribution in [0.2, 0.25) is 0 Å². The van der Waals surface area contributed by atoms with Gasteiger partial charge in [0.15, 0.2) is 0 Å². The van der Waals surface area contributed by atoms with Crippen LogP contribution in [0.5, 0.6) is 0 Å². The Morgan fingerprint density at radius 1 is 1.22 bits per heavy atom. The Bertz CT molecular complexity index is 350. The Balaban J connectivity index is 2.37. The molecule has 0 bridgehead atoms. The molecule has 6 heteroatoms. The number of benzene rings is 1. The Hall–Kier alpha value is -0.750. The second-order valence-corrected chi connectivity index (χ2v) is 5.00. The Kier molecular flexibility index (Phi) is 5.95. The summed E-state index contributed by atoms with van der Waals surface area (Å²) in [5, 5.41) is 2.86. The van der Waals surface area contributed by atoms with Crippen LogP contribution in [0, 0.1) is 5.82 Å². The third kappa shape index (κ3) is 6.26. The van der Waals surface area contributed by atoms with Gasteiger partial charge in [-0.15, -0.1) is 11.8 Å². The quantitative estimate of drug-likeness (QED) is 0.628. The molecule has 102 valence electrons. The largest absolute Gasteiger partial charge is 0.389 e. The van der Waals surface area contributed by atoms with Crippen molar-refractivity contribution in [1.29, 1.82) is 0 Å². The number of hydrogen-bond donors (Lipinski definition) is 1. The molecule has 0 aliphatic carbocycles. The van der Waals surface area contributed by atoms with Crippen LogP contribution in [0.25, 0.3) is 0 Å². The number of rotatable bonds is 6. The van der Waals surface area contributed by atoms with Crippen LogP contribution in [-0.4, -0.2) is 25.0 Å². The van der Waals surface area contributed by atoms with Gasteiger partial charge in [-0.05, 0) is 37.7 Å². The third-order valence-corrected chi connectivity index (χ3v) is 3.62. The van der Waals surface area contributed by atoms with Gasteiger partial charge in [0.2, 0.25) is 0 Å². The predicted octanol–water partition coefficient (Wildman–Crippen LogP) is 3.85. The topological polar surface area (TPSA) is 12.0 Å². The van der Waals surface area contributed by atoms with Crippen LogP contribution in [0.1, 0.15) is 12.8 Å². The van der Waals surface area contributed by atoms with Gasteiger partial charge in [0.1, 0.15) is 5.82 Å². The molecule has 1 aromatic rings. The van der Waals surface area contributed by atoms with E-state index in [1.165, 1.54) is 23.9 Å². The van der Waals surface area contributed by atoms with Gasteiger partial charge in [0.25, 0.3) is 0 Å². The number of hydrogen-bond acceptors (Lipinski definition) is 2. The van der Waals surface area contributed by atoms with Crippen LogP contribution in [0.15, 0.2) is 29.2 Å². The first-order valence-electron chi connectivity index (χ1n) is 5.53. The van der Waals surface area contributed by atoms with Gasteiger partial charge >= 0.3 is 6.18 Å². The first-order chi connectivity index (χ1) is 8.40. The van der Waals surface area contributed by atoms with E-state index in [0.717, 1.165) is 4.90 Å². The van der Waals surface area contributed by atoms with E-state index in [2.05, 4.69) is 5.32 Å². The van der Waals surface area contributed by atoms with Crippen LogP contribution >= 0.6 is 11.8 Å². The maximum Gasteiger partial charge on any atom is 0.389 e. The zero-order valence-corrected chi connectivity index (χ0v) is 10.7. The fourth-order valence-electron chi connectivity index (χ4n) is 1.38. The van der Waals surface area contributed by atoms with Crippen molar-refractivity contribution in [1.82, 2.24) is 5.32 Å². The standard InChI is InChI=1S/C12H15F4NS/c1-17-10(6-7-12(14,15)16)8-18-11-4-2-9(13)3-5-11/h2-5,10,17H,6-8H2,1H3. The Labute approximate surface area is 108 Å². The highest BCUT2D eigenvalue weighted by atomic mass is 32.2. The SMILES string of the molecule is CNC(CCC(F)(F)F)CSc1ccc(F)cc1. The number of halogens is 4. The van der Waals surface area contributed by atoms with Crippen molar-refractivity contribution in [2.24, 2.45) is 0 Å². The summed E-state index contributed by atoms with van der Waals surface area (Å²) in [6, 6.07) is 5.72. The fraction of sp³-hybridized carbons (Fsp3) is 0.500. The molecule has 0 saturated heterocycles. The summed E-state index contributed by atoms with van der Waals surface area (Å²) in [4.78, 5) is 0.851.